The molecule has 0 spiro atoms. The number of nitro benzene ring substituents is 2. The molecule has 0 bridgehead atoms. The average molecular weight is 302 g/mol. The molecule has 0 aliphatic rings. The fourth-order valence-corrected chi connectivity index (χ4v) is 1.47. The molecule has 0 aliphatic carbocycles. The first kappa shape index (κ1) is 14.5. The Kier molecular flexibility index (Phi) is 3.99. The van der Waals surface area contributed by atoms with Crippen LogP contribution in [0.15, 0.2) is 24.4 Å². The number of allylic oxidation sites excluding steroid dienone is 1. The summed E-state index contributed by atoms with van der Waals surface area (Å²) < 4.78 is 0. The van der Waals surface area contributed by atoms with E-state index in [0.717, 1.165) is 24.4 Å². The lowest BCUT2D eigenvalue weighted by Gasteiger charge is -2.01. The maximum Gasteiger partial charge on any atom is 0.278 e. The third-order valence-corrected chi connectivity index (χ3v) is 2.41. The number of nitrogens with one attached hydrogen (secondary N) is 2. The van der Waals surface area contributed by atoms with Gasteiger partial charge in [0.2, 0.25) is 5.82 Å². The first-order chi connectivity index (χ1) is 10.5. The highest BCUT2D eigenvalue weighted by Gasteiger charge is 2.16. The van der Waals surface area contributed by atoms with Gasteiger partial charge in [0, 0.05) is 18.3 Å². The van der Waals surface area contributed by atoms with Crippen LogP contribution in [0.3, 0.4) is 0 Å². The second-order valence-electron chi connectivity index (χ2n) is 3.80. The van der Waals surface area contributed by atoms with Crippen molar-refractivity contribution in [2.24, 2.45) is 0 Å². The van der Waals surface area contributed by atoms with Crippen LogP contribution in [0.2, 0.25) is 0 Å². The van der Waals surface area contributed by atoms with Gasteiger partial charge in [-0.25, -0.2) is 0 Å². The minimum absolute atomic E-state index is 0.00919. The number of nitriles is 1. The Morgan fingerprint density at radius 1 is 1.27 bits per heavy atom. The monoisotopic (exact) mass is 302 g/mol. The van der Waals surface area contributed by atoms with Crippen LogP contribution in [0.5, 0.6) is 0 Å². The highest BCUT2D eigenvalue weighted by atomic mass is 16.6. The van der Waals surface area contributed by atoms with Crippen LogP contribution in [0.25, 0.3) is 5.57 Å². The van der Waals surface area contributed by atoms with Crippen LogP contribution < -0.4 is 5.32 Å². The second kappa shape index (κ2) is 6.05. The van der Waals surface area contributed by atoms with Gasteiger partial charge in [0.25, 0.3) is 11.4 Å². The summed E-state index contributed by atoms with van der Waals surface area (Å²) in [7, 11) is 0. The van der Waals surface area contributed by atoms with Gasteiger partial charge in [-0.15, -0.1) is 10.2 Å². The Bertz CT molecular complexity index is 760. The second-order valence-corrected chi connectivity index (χ2v) is 3.80. The Morgan fingerprint density at radius 2 is 1.91 bits per heavy atom. The summed E-state index contributed by atoms with van der Waals surface area (Å²) in [6, 6.07) is 4.81. The zero-order valence-electron chi connectivity index (χ0n) is 10.6. The maximum absolute atomic E-state index is 10.8. The first-order valence-corrected chi connectivity index (χ1v) is 5.55. The number of hydrogen-bond donors (Lipinski definition) is 2. The minimum Gasteiger partial charge on any atom is -0.360 e. The van der Waals surface area contributed by atoms with Crippen LogP contribution in [0.4, 0.5) is 17.1 Å². The van der Waals surface area contributed by atoms with Crippen LogP contribution in [0, 0.1) is 31.6 Å². The summed E-state index contributed by atoms with van der Waals surface area (Å²) in [5, 5.41) is 45.7. The quantitative estimate of drug-likeness (QED) is 0.463. The van der Waals surface area contributed by atoms with Gasteiger partial charge in [0.1, 0.15) is 11.6 Å². The number of benzene rings is 1. The molecule has 0 aliphatic heterocycles. The fraction of sp³-hybridized carbons (Fsp3) is 0. The van der Waals surface area contributed by atoms with Crippen LogP contribution in [-0.4, -0.2) is 30.5 Å². The highest BCUT2D eigenvalue weighted by Crippen LogP contribution is 2.26. The molecule has 0 saturated heterocycles. The summed E-state index contributed by atoms with van der Waals surface area (Å²) in [4.78, 5) is 20.0. The van der Waals surface area contributed by atoms with Gasteiger partial charge < -0.3 is 5.32 Å². The number of rotatable bonds is 5. The third kappa shape index (κ3) is 3.17. The van der Waals surface area contributed by atoms with E-state index in [1.807, 2.05) is 0 Å². The summed E-state index contributed by atoms with van der Waals surface area (Å²) in [5.74, 6) is 0.00919. The van der Waals surface area contributed by atoms with Crippen molar-refractivity contribution in [2.45, 2.75) is 0 Å². The lowest BCUT2D eigenvalue weighted by molar-refractivity contribution is -0.394. The fourth-order valence-electron chi connectivity index (χ4n) is 1.47. The van der Waals surface area contributed by atoms with Crippen molar-refractivity contribution in [1.29, 1.82) is 5.26 Å². The number of nitro groups is 2. The van der Waals surface area contributed by atoms with Crippen molar-refractivity contribution in [3.63, 3.8) is 0 Å². The first-order valence-electron chi connectivity index (χ1n) is 5.55. The molecular weight excluding hydrogens is 296 g/mol. The maximum atomic E-state index is 10.8. The van der Waals surface area contributed by atoms with Crippen LogP contribution in [-0.2, 0) is 0 Å². The number of non-ortho nitro benzene ring substituents is 2. The molecular formula is C10H6N8O4. The summed E-state index contributed by atoms with van der Waals surface area (Å²) in [6.07, 6.45) is 1.16. The lowest BCUT2D eigenvalue weighted by Crippen LogP contribution is -1.97. The SMILES string of the molecule is N#CC(=CNc1cc([N+](=O)[O-])cc([N+](=O)[O-])c1)c1nn[nH]n1. The van der Waals surface area contributed by atoms with Crippen LogP contribution >= 0.6 is 0 Å². The van der Waals surface area contributed by atoms with Gasteiger partial charge in [0.15, 0.2) is 0 Å². The van der Waals surface area contributed by atoms with Crippen molar-refractivity contribution in [1.82, 2.24) is 20.6 Å². The number of aromatic amines is 1. The van der Waals surface area contributed by atoms with Gasteiger partial charge in [-0.2, -0.15) is 10.5 Å². The molecule has 1 heterocycles. The van der Waals surface area contributed by atoms with Gasteiger partial charge in [-0.1, -0.05) is 0 Å². The van der Waals surface area contributed by atoms with Gasteiger partial charge in [0.05, 0.1) is 21.6 Å². The number of hydrogen-bond acceptors (Lipinski definition) is 9. The molecule has 0 fully saturated rings. The predicted octanol–water partition coefficient (Wildman–Crippen LogP) is 0.993. The van der Waals surface area contributed by atoms with E-state index in [1.165, 1.54) is 0 Å². The molecule has 0 radical (unpaired) electrons. The molecule has 22 heavy (non-hydrogen) atoms. The zero-order valence-corrected chi connectivity index (χ0v) is 10.6. The Hall–Kier alpha value is -3.88. The number of tetrazole rings is 1. The van der Waals surface area contributed by atoms with Crippen molar-refractivity contribution >= 4 is 22.6 Å². The Labute approximate surface area is 121 Å². The standard InChI is InChI=1S/C10H6N8O4/c11-4-6(10-13-15-16-14-10)5-12-7-1-8(17(19)20)3-9(2-7)18(21)22/h1-3,5,12H,(H,13,14,15,16). The molecule has 2 rings (SSSR count). The van der Waals surface area contributed by atoms with E-state index in [4.69, 9.17) is 5.26 Å². The molecule has 1 aromatic carbocycles. The molecule has 0 unspecified atom stereocenters. The van der Waals surface area contributed by atoms with E-state index in [9.17, 15) is 20.2 Å². The van der Waals surface area contributed by atoms with E-state index in [2.05, 4.69) is 25.9 Å². The van der Waals surface area contributed by atoms with Crippen molar-refractivity contribution in [3.8, 4) is 6.07 Å². The van der Waals surface area contributed by atoms with E-state index < -0.39 is 21.2 Å². The topological polar surface area (TPSA) is 177 Å². The Morgan fingerprint density at radius 3 is 2.36 bits per heavy atom. The molecule has 0 amide bonds. The van der Waals surface area contributed by atoms with Gasteiger partial charge in [-0.3, -0.25) is 20.2 Å². The van der Waals surface area contributed by atoms with Crippen molar-refractivity contribution in [3.05, 3.63) is 50.5 Å². The summed E-state index contributed by atoms with van der Waals surface area (Å²) >= 11 is 0. The summed E-state index contributed by atoms with van der Waals surface area (Å²) in [5.41, 5.74) is -0.855. The van der Waals surface area contributed by atoms with Gasteiger partial charge in [-0.05, 0) is 5.21 Å². The smallest absolute Gasteiger partial charge is 0.278 e. The molecule has 12 nitrogen and oxygen atoms in total. The zero-order chi connectivity index (χ0) is 16.1. The number of aromatic nitrogens is 4. The molecule has 2 N–H and O–H groups in total. The molecule has 0 atom stereocenters. The summed E-state index contributed by atoms with van der Waals surface area (Å²) in [6.45, 7) is 0. The molecule has 1 aromatic heterocycles. The highest BCUT2D eigenvalue weighted by molar-refractivity contribution is 5.74. The molecule has 2 aromatic rings. The number of H-pyrrole nitrogens is 1. The van der Waals surface area contributed by atoms with Gasteiger partial charge >= 0.3 is 0 Å². The van der Waals surface area contributed by atoms with Crippen molar-refractivity contribution < 1.29 is 9.85 Å². The van der Waals surface area contributed by atoms with E-state index in [-0.39, 0.29) is 17.1 Å². The third-order valence-electron chi connectivity index (χ3n) is 2.41. The molecule has 110 valence electrons. The van der Waals surface area contributed by atoms with E-state index in [0.29, 0.717) is 0 Å². The number of nitrogens with zero attached hydrogens (tertiary/aromatic N) is 6. The lowest BCUT2D eigenvalue weighted by atomic mass is 10.2. The normalized spacial score (nSPS) is 10.8. The van der Waals surface area contributed by atoms with Crippen molar-refractivity contribution in [2.75, 3.05) is 5.32 Å². The molecule has 12 heteroatoms. The largest absolute Gasteiger partial charge is 0.360 e. The number of anilines is 1. The van der Waals surface area contributed by atoms with Crippen LogP contribution in [0.1, 0.15) is 5.82 Å². The van der Waals surface area contributed by atoms with E-state index >= 15 is 0 Å². The van der Waals surface area contributed by atoms with E-state index in [1.54, 1.807) is 6.07 Å². The average Bonchev–Trinajstić information content (AvgIpc) is 3.01. The minimum atomic E-state index is -0.758. The predicted molar refractivity (Wildman–Crippen MR) is 71.1 cm³/mol. The molecule has 0 saturated carbocycles. The Balaban J connectivity index is 2.35.